The number of ether oxygens (including phenoxy) is 1. The van der Waals surface area contributed by atoms with E-state index < -0.39 is 22.1 Å². The maximum atomic E-state index is 12.4. The molecule has 0 saturated heterocycles. The highest BCUT2D eigenvalue weighted by Gasteiger charge is 2.31. The lowest BCUT2D eigenvalue weighted by atomic mass is 10.0. The first-order valence-electron chi connectivity index (χ1n) is 7.06. The normalized spacial score (nSPS) is 12.2. The molecule has 0 aliphatic carbocycles. The number of hydrogen-bond donors (Lipinski definition) is 1. The molecule has 0 aliphatic rings. The summed E-state index contributed by atoms with van der Waals surface area (Å²) < 4.78 is 67.4. The number of rotatable bonds is 5. The standard InChI is InChI=1S/C16H16F3NO3S/c1-11(2)14-5-3-4-6-15(14)20-24(21,22)13-9-7-12(8-10-13)23-16(17,18)19/h3-11,20H,1-2H3. The molecular weight excluding hydrogens is 343 g/mol. The van der Waals surface area contributed by atoms with Gasteiger partial charge < -0.3 is 4.74 Å². The van der Waals surface area contributed by atoms with E-state index in [9.17, 15) is 21.6 Å². The van der Waals surface area contributed by atoms with E-state index >= 15 is 0 Å². The molecule has 0 aromatic heterocycles. The molecule has 0 heterocycles. The van der Waals surface area contributed by atoms with Crippen molar-refractivity contribution in [2.75, 3.05) is 4.72 Å². The predicted octanol–water partition coefficient (Wildman–Crippen LogP) is 4.51. The van der Waals surface area contributed by atoms with Gasteiger partial charge in [0.15, 0.2) is 0 Å². The van der Waals surface area contributed by atoms with E-state index in [1.807, 2.05) is 19.9 Å². The summed E-state index contributed by atoms with van der Waals surface area (Å²) in [4.78, 5) is -0.157. The fraction of sp³-hybridized carbons (Fsp3) is 0.250. The molecule has 0 aliphatic heterocycles. The van der Waals surface area contributed by atoms with Gasteiger partial charge in [-0.25, -0.2) is 8.42 Å². The second kappa shape index (κ2) is 6.72. The Bertz CT molecular complexity index is 800. The lowest BCUT2D eigenvalue weighted by molar-refractivity contribution is -0.274. The Balaban J connectivity index is 2.25. The van der Waals surface area contributed by atoms with E-state index in [0.29, 0.717) is 5.69 Å². The highest BCUT2D eigenvalue weighted by atomic mass is 32.2. The van der Waals surface area contributed by atoms with Crippen LogP contribution in [0.1, 0.15) is 25.3 Å². The lowest BCUT2D eigenvalue weighted by Gasteiger charge is -2.15. The van der Waals surface area contributed by atoms with Crippen molar-refractivity contribution < 1.29 is 26.3 Å². The number of benzene rings is 2. The zero-order valence-electron chi connectivity index (χ0n) is 13.0. The highest BCUT2D eigenvalue weighted by molar-refractivity contribution is 7.92. The van der Waals surface area contributed by atoms with E-state index in [1.54, 1.807) is 18.2 Å². The van der Waals surface area contributed by atoms with Gasteiger partial charge in [-0.2, -0.15) is 0 Å². The third-order valence-corrected chi connectivity index (χ3v) is 4.58. The first-order chi connectivity index (χ1) is 11.1. The minimum atomic E-state index is -4.82. The van der Waals surface area contributed by atoms with Gasteiger partial charge >= 0.3 is 6.36 Å². The van der Waals surface area contributed by atoms with E-state index in [0.717, 1.165) is 29.8 Å². The molecule has 130 valence electrons. The van der Waals surface area contributed by atoms with Crippen LogP contribution in [0.4, 0.5) is 18.9 Å². The molecule has 0 fully saturated rings. The average Bonchev–Trinajstić information content (AvgIpc) is 2.46. The Kier molecular flexibility index (Phi) is 5.08. The summed E-state index contributed by atoms with van der Waals surface area (Å²) in [5, 5.41) is 0. The summed E-state index contributed by atoms with van der Waals surface area (Å²) in [5.41, 5.74) is 1.25. The molecular formula is C16H16F3NO3S. The van der Waals surface area contributed by atoms with Crippen molar-refractivity contribution >= 4 is 15.7 Å². The number of alkyl halides is 3. The lowest BCUT2D eigenvalue weighted by Crippen LogP contribution is -2.17. The highest BCUT2D eigenvalue weighted by Crippen LogP contribution is 2.27. The molecule has 1 N–H and O–H groups in total. The maximum Gasteiger partial charge on any atom is 0.573 e. The van der Waals surface area contributed by atoms with Gasteiger partial charge in [-0.05, 0) is 41.8 Å². The maximum absolute atomic E-state index is 12.4. The third kappa shape index (κ3) is 4.64. The first kappa shape index (κ1) is 18.1. The van der Waals surface area contributed by atoms with Gasteiger partial charge in [0.2, 0.25) is 0 Å². The van der Waals surface area contributed by atoms with Crippen LogP contribution in [0, 0.1) is 0 Å². The van der Waals surface area contributed by atoms with Crippen molar-refractivity contribution in [1.29, 1.82) is 0 Å². The minimum Gasteiger partial charge on any atom is -0.406 e. The molecule has 0 radical (unpaired) electrons. The number of sulfonamides is 1. The van der Waals surface area contributed by atoms with Crippen LogP contribution in [-0.4, -0.2) is 14.8 Å². The number of anilines is 1. The predicted molar refractivity (Wildman–Crippen MR) is 84.5 cm³/mol. The molecule has 0 atom stereocenters. The van der Waals surface area contributed by atoms with Crippen LogP contribution in [-0.2, 0) is 10.0 Å². The molecule has 0 spiro atoms. The SMILES string of the molecule is CC(C)c1ccccc1NS(=O)(=O)c1ccc(OC(F)(F)F)cc1. The molecule has 2 rings (SSSR count). The van der Waals surface area contributed by atoms with Gasteiger partial charge in [0.25, 0.3) is 10.0 Å². The van der Waals surface area contributed by atoms with Crippen LogP contribution in [0.2, 0.25) is 0 Å². The molecule has 2 aromatic carbocycles. The number of halogens is 3. The van der Waals surface area contributed by atoms with Crippen molar-refractivity contribution in [1.82, 2.24) is 0 Å². The van der Waals surface area contributed by atoms with Crippen molar-refractivity contribution in [3.63, 3.8) is 0 Å². The Hall–Kier alpha value is -2.22. The molecule has 2 aromatic rings. The van der Waals surface area contributed by atoms with Gasteiger partial charge in [0.1, 0.15) is 5.75 Å². The molecule has 4 nitrogen and oxygen atoms in total. The zero-order chi connectivity index (χ0) is 18.0. The van der Waals surface area contributed by atoms with Crippen LogP contribution < -0.4 is 9.46 Å². The molecule has 0 bridgehead atoms. The summed E-state index contributed by atoms with van der Waals surface area (Å²) in [6, 6.07) is 11.0. The fourth-order valence-electron chi connectivity index (χ4n) is 2.12. The first-order valence-corrected chi connectivity index (χ1v) is 8.54. The van der Waals surface area contributed by atoms with Crippen molar-refractivity contribution in [2.45, 2.75) is 31.0 Å². The fourth-order valence-corrected chi connectivity index (χ4v) is 3.21. The van der Waals surface area contributed by atoms with Gasteiger partial charge in [0, 0.05) is 0 Å². The second-order valence-electron chi connectivity index (χ2n) is 5.37. The van der Waals surface area contributed by atoms with Gasteiger partial charge in [-0.1, -0.05) is 32.0 Å². The topological polar surface area (TPSA) is 55.4 Å². The Morgan fingerprint density at radius 3 is 2.12 bits per heavy atom. The summed E-state index contributed by atoms with van der Waals surface area (Å²) in [6.45, 7) is 3.85. The quantitative estimate of drug-likeness (QED) is 0.855. The van der Waals surface area contributed by atoms with Crippen molar-refractivity contribution in [3.8, 4) is 5.75 Å². The molecule has 0 unspecified atom stereocenters. The number of nitrogens with one attached hydrogen (secondary N) is 1. The Labute approximate surface area is 138 Å². The molecule has 0 amide bonds. The van der Waals surface area contributed by atoms with Crippen LogP contribution in [0.3, 0.4) is 0 Å². The van der Waals surface area contributed by atoms with Crippen LogP contribution in [0.15, 0.2) is 53.4 Å². The Morgan fingerprint density at radius 1 is 1.00 bits per heavy atom. The Morgan fingerprint density at radius 2 is 1.58 bits per heavy atom. The van der Waals surface area contributed by atoms with Crippen LogP contribution >= 0.6 is 0 Å². The monoisotopic (exact) mass is 359 g/mol. The second-order valence-corrected chi connectivity index (χ2v) is 7.05. The summed E-state index contributed by atoms with van der Waals surface area (Å²) in [6.07, 6.45) is -4.82. The van der Waals surface area contributed by atoms with Gasteiger partial charge in [-0.15, -0.1) is 13.2 Å². The summed E-state index contributed by atoms with van der Waals surface area (Å²) >= 11 is 0. The van der Waals surface area contributed by atoms with E-state index in [4.69, 9.17) is 0 Å². The zero-order valence-corrected chi connectivity index (χ0v) is 13.8. The average molecular weight is 359 g/mol. The van der Waals surface area contributed by atoms with Crippen molar-refractivity contribution in [3.05, 3.63) is 54.1 Å². The largest absolute Gasteiger partial charge is 0.573 e. The third-order valence-electron chi connectivity index (χ3n) is 3.19. The smallest absolute Gasteiger partial charge is 0.406 e. The van der Waals surface area contributed by atoms with E-state index in [1.165, 1.54) is 0 Å². The summed E-state index contributed by atoms with van der Waals surface area (Å²) in [5.74, 6) is -0.379. The minimum absolute atomic E-state index is 0.103. The van der Waals surface area contributed by atoms with E-state index in [-0.39, 0.29) is 10.8 Å². The van der Waals surface area contributed by atoms with Crippen LogP contribution in [0.5, 0.6) is 5.75 Å². The van der Waals surface area contributed by atoms with Gasteiger partial charge in [0.05, 0.1) is 10.6 Å². The molecule has 0 saturated carbocycles. The summed E-state index contributed by atoms with van der Waals surface area (Å²) in [7, 11) is -3.92. The van der Waals surface area contributed by atoms with Gasteiger partial charge in [-0.3, -0.25) is 4.72 Å². The number of hydrogen-bond acceptors (Lipinski definition) is 3. The van der Waals surface area contributed by atoms with Crippen molar-refractivity contribution in [2.24, 2.45) is 0 Å². The van der Waals surface area contributed by atoms with Crippen LogP contribution in [0.25, 0.3) is 0 Å². The number of para-hydroxylation sites is 1. The van der Waals surface area contributed by atoms with E-state index in [2.05, 4.69) is 9.46 Å². The molecule has 24 heavy (non-hydrogen) atoms. The molecule has 8 heteroatoms.